The second-order valence-corrected chi connectivity index (χ2v) is 12.5. The zero-order chi connectivity index (χ0) is 29.6. The molecule has 0 aromatic rings. The molecule has 2 saturated carbocycles. The minimum absolute atomic E-state index is 0.0182. The molecule has 5 rings (SSSR count). The number of rotatable bonds is 6. The summed E-state index contributed by atoms with van der Waals surface area (Å²) < 4.78 is 29.7. The Kier molecular flexibility index (Phi) is 10.3. The molecule has 9 N–H and O–H groups in total. The molecule has 14 heteroatoms. The van der Waals surface area contributed by atoms with E-state index in [2.05, 4.69) is 0 Å². The summed E-state index contributed by atoms with van der Waals surface area (Å²) in [6, 6.07) is 0. The van der Waals surface area contributed by atoms with Gasteiger partial charge in [-0.1, -0.05) is 0 Å². The van der Waals surface area contributed by atoms with Crippen LogP contribution in [0, 0.1) is 11.8 Å². The van der Waals surface area contributed by atoms with Gasteiger partial charge in [0.05, 0.1) is 49.3 Å². The first-order valence-corrected chi connectivity index (χ1v) is 14.8. The van der Waals surface area contributed by atoms with Crippen molar-refractivity contribution in [2.75, 3.05) is 6.61 Å². The Morgan fingerprint density at radius 1 is 0.659 bits per heavy atom. The van der Waals surface area contributed by atoms with Crippen molar-refractivity contribution in [1.82, 2.24) is 0 Å². The van der Waals surface area contributed by atoms with Crippen LogP contribution in [0.4, 0.5) is 0 Å². The summed E-state index contributed by atoms with van der Waals surface area (Å²) in [6.07, 6.45) is -14.2. The fraction of sp³-hybridized carbons (Fsp3) is 1.00. The summed E-state index contributed by atoms with van der Waals surface area (Å²) in [5, 5.41) is 93.5. The summed E-state index contributed by atoms with van der Waals surface area (Å²) in [6.45, 7) is 0.820. The Hall–Kier alpha value is -0.560. The van der Waals surface area contributed by atoms with Gasteiger partial charge in [0.1, 0.15) is 42.7 Å². The molecule has 0 amide bonds. The first-order chi connectivity index (χ1) is 19.5. The summed E-state index contributed by atoms with van der Waals surface area (Å²) in [5.74, 6) is -0.303. The summed E-state index contributed by atoms with van der Waals surface area (Å²) >= 11 is 0. The van der Waals surface area contributed by atoms with Crippen molar-refractivity contribution in [2.24, 2.45) is 11.8 Å². The third-order valence-corrected chi connectivity index (χ3v) is 9.63. The first kappa shape index (κ1) is 31.9. The van der Waals surface area contributed by atoms with Crippen LogP contribution in [0.1, 0.15) is 51.9 Å². The van der Waals surface area contributed by atoms with Gasteiger partial charge >= 0.3 is 0 Å². The van der Waals surface area contributed by atoms with Crippen LogP contribution in [-0.4, -0.2) is 151 Å². The Balaban J connectivity index is 1.30. The quantitative estimate of drug-likeness (QED) is 0.148. The van der Waals surface area contributed by atoms with E-state index in [-0.39, 0.29) is 30.5 Å². The van der Waals surface area contributed by atoms with Crippen molar-refractivity contribution < 1.29 is 69.6 Å². The highest BCUT2D eigenvalue weighted by molar-refractivity contribution is 4.99. The third-order valence-electron chi connectivity index (χ3n) is 9.63. The second-order valence-electron chi connectivity index (χ2n) is 12.5. The first-order valence-electron chi connectivity index (χ1n) is 14.8. The average Bonchev–Trinajstić information content (AvgIpc) is 2.94. The van der Waals surface area contributed by atoms with Crippen molar-refractivity contribution >= 4 is 0 Å². The van der Waals surface area contributed by atoms with Gasteiger partial charge in [0.15, 0.2) is 12.6 Å². The monoisotopic (exact) mass is 594 g/mol. The average molecular weight is 595 g/mol. The van der Waals surface area contributed by atoms with Gasteiger partial charge in [0.25, 0.3) is 0 Å². The van der Waals surface area contributed by atoms with E-state index in [1.165, 1.54) is 6.92 Å². The number of aliphatic hydroxyl groups excluding tert-OH is 9. The van der Waals surface area contributed by atoms with Gasteiger partial charge < -0.3 is 69.6 Å². The number of hydrogen-bond donors (Lipinski definition) is 9. The van der Waals surface area contributed by atoms with Gasteiger partial charge in [-0.3, -0.25) is 0 Å². The molecule has 3 saturated heterocycles. The molecular formula is C27H46O14. The van der Waals surface area contributed by atoms with Crippen LogP contribution in [0.2, 0.25) is 0 Å². The van der Waals surface area contributed by atoms with Crippen LogP contribution in [0.15, 0.2) is 0 Å². The zero-order valence-corrected chi connectivity index (χ0v) is 23.1. The van der Waals surface area contributed by atoms with E-state index < -0.39 is 92.4 Å². The number of ether oxygens (including phenoxy) is 5. The lowest BCUT2D eigenvalue weighted by molar-refractivity contribution is -0.367. The fourth-order valence-electron chi connectivity index (χ4n) is 7.16. The Morgan fingerprint density at radius 3 is 2.00 bits per heavy atom. The summed E-state index contributed by atoms with van der Waals surface area (Å²) in [5.41, 5.74) is 0. The molecule has 6 unspecified atom stereocenters. The molecule has 3 heterocycles. The predicted octanol–water partition coefficient (Wildman–Crippen LogP) is -3.14. The predicted molar refractivity (Wildman–Crippen MR) is 136 cm³/mol. The maximum atomic E-state index is 11.0. The molecule has 2 aliphatic carbocycles. The van der Waals surface area contributed by atoms with E-state index in [1.807, 2.05) is 0 Å². The van der Waals surface area contributed by atoms with Crippen molar-refractivity contribution in [3.05, 3.63) is 0 Å². The van der Waals surface area contributed by atoms with E-state index >= 15 is 0 Å². The minimum atomic E-state index is -1.67. The summed E-state index contributed by atoms with van der Waals surface area (Å²) in [4.78, 5) is 0. The van der Waals surface area contributed by atoms with E-state index in [1.54, 1.807) is 0 Å². The third kappa shape index (κ3) is 6.61. The van der Waals surface area contributed by atoms with E-state index in [4.69, 9.17) is 23.7 Å². The van der Waals surface area contributed by atoms with E-state index in [9.17, 15) is 46.0 Å². The molecule has 0 spiro atoms. The van der Waals surface area contributed by atoms with Gasteiger partial charge in [-0.05, 0) is 57.8 Å². The van der Waals surface area contributed by atoms with Crippen molar-refractivity contribution in [1.29, 1.82) is 0 Å². The molecule has 16 atom stereocenters. The lowest BCUT2D eigenvalue weighted by Gasteiger charge is -2.51. The molecule has 3 aliphatic heterocycles. The number of aliphatic hydroxyl groups is 9. The lowest BCUT2D eigenvalue weighted by Crippen LogP contribution is -2.65. The largest absolute Gasteiger partial charge is 0.394 e. The molecule has 14 nitrogen and oxygen atoms in total. The van der Waals surface area contributed by atoms with Crippen LogP contribution in [0.25, 0.3) is 0 Å². The van der Waals surface area contributed by atoms with Gasteiger partial charge in [-0.2, -0.15) is 0 Å². The summed E-state index contributed by atoms with van der Waals surface area (Å²) in [7, 11) is 0. The second kappa shape index (κ2) is 13.2. The van der Waals surface area contributed by atoms with Crippen LogP contribution in [-0.2, 0) is 23.7 Å². The smallest absolute Gasteiger partial charge is 0.187 e. The Labute approximate surface area is 238 Å². The molecule has 41 heavy (non-hydrogen) atoms. The highest BCUT2D eigenvalue weighted by Gasteiger charge is 2.53. The van der Waals surface area contributed by atoms with Crippen LogP contribution in [0.3, 0.4) is 0 Å². The Morgan fingerprint density at radius 2 is 1.32 bits per heavy atom. The minimum Gasteiger partial charge on any atom is -0.394 e. The Bertz CT molecular complexity index is 841. The maximum Gasteiger partial charge on any atom is 0.187 e. The maximum absolute atomic E-state index is 11.0. The lowest BCUT2D eigenvalue weighted by atomic mass is 9.73. The zero-order valence-electron chi connectivity index (χ0n) is 23.1. The molecule has 0 radical (unpaired) electrons. The van der Waals surface area contributed by atoms with Crippen LogP contribution >= 0.6 is 0 Å². The normalized spacial score (nSPS) is 54.9. The van der Waals surface area contributed by atoms with Crippen molar-refractivity contribution in [3.8, 4) is 0 Å². The molecule has 0 bridgehead atoms. The molecule has 238 valence electrons. The highest BCUT2D eigenvalue weighted by Crippen LogP contribution is 2.43. The molecular weight excluding hydrogens is 548 g/mol. The van der Waals surface area contributed by atoms with Crippen LogP contribution < -0.4 is 0 Å². The van der Waals surface area contributed by atoms with Gasteiger partial charge in [0, 0.05) is 5.92 Å². The molecule has 0 aromatic heterocycles. The van der Waals surface area contributed by atoms with Crippen LogP contribution in [0.5, 0.6) is 0 Å². The standard InChI is InChI=1S/C27H46O14/c1-10-19(32)20(33)22(35)26(37-10)41-25-18(9-28)40-27(23(36)21(25)34)39-17-8-14-15(31)6-13(30)7-16(14)38-24(17)11-2-4-12(29)5-3-11/h10-36H,2-9H2,1H3/t10-,11?,12?,13?,14?,15?,16?,17?,18+,19-,20-,21+,22-,23+,24?,25-,26-,27+/m1/s1. The topological polar surface area (TPSA) is 228 Å². The highest BCUT2D eigenvalue weighted by atomic mass is 16.7. The van der Waals surface area contributed by atoms with Crippen molar-refractivity contribution in [2.45, 2.75) is 150 Å². The van der Waals surface area contributed by atoms with E-state index in [0.717, 1.165) is 0 Å². The molecule has 0 aromatic carbocycles. The van der Waals surface area contributed by atoms with Crippen molar-refractivity contribution in [3.63, 3.8) is 0 Å². The van der Waals surface area contributed by atoms with Gasteiger partial charge in [-0.15, -0.1) is 0 Å². The number of fused-ring (bicyclic) bond motifs is 1. The van der Waals surface area contributed by atoms with E-state index in [0.29, 0.717) is 38.5 Å². The van der Waals surface area contributed by atoms with Gasteiger partial charge in [-0.25, -0.2) is 0 Å². The number of hydrogen-bond acceptors (Lipinski definition) is 14. The van der Waals surface area contributed by atoms with Gasteiger partial charge in [0.2, 0.25) is 0 Å². The molecule has 5 fully saturated rings. The molecule has 5 aliphatic rings. The fourth-order valence-corrected chi connectivity index (χ4v) is 7.16. The SMILES string of the molecule is C[C@H]1O[C@H](O[C@H]2[C@@H](O)[C@H](O)[C@@H](OC3CC4C(O)CC(O)CC4OC3C3CCC(O)CC3)O[C@H]2CO)[C@H](O)[C@H](O)[C@@H]1O.